The fourth-order valence-electron chi connectivity index (χ4n) is 9.11. The lowest BCUT2D eigenvalue weighted by atomic mass is 9.81. The summed E-state index contributed by atoms with van der Waals surface area (Å²) in [4.78, 5) is 24.3. The molecule has 10 heteroatoms. The number of para-hydroxylation sites is 2. The number of fused-ring (bicyclic) bond motifs is 3. The summed E-state index contributed by atoms with van der Waals surface area (Å²) in [5.74, 6) is 3.97. The van der Waals surface area contributed by atoms with Crippen molar-refractivity contribution < 1.29 is 28.3 Å². The van der Waals surface area contributed by atoms with Crippen LogP contribution in [0, 0.1) is 12.3 Å². The topological polar surface area (TPSA) is 98.1 Å². The van der Waals surface area contributed by atoms with E-state index < -0.39 is 0 Å². The van der Waals surface area contributed by atoms with Gasteiger partial charge in [-0.1, -0.05) is 106 Å². The van der Waals surface area contributed by atoms with Gasteiger partial charge < -0.3 is 29.2 Å². The lowest BCUT2D eigenvalue weighted by molar-refractivity contribution is -0.438. The Kier molecular flexibility index (Phi) is 16.7. The lowest BCUT2D eigenvalue weighted by Crippen LogP contribution is -2.27. The second kappa shape index (κ2) is 23.2. The number of hydrogen-bond donors (Lipinski definition) is 1. The SMILES string of the molecule is C#Cc1cccc(Nc2ncnc3cc(OCCOC)c(OCCOC(=O)CCCCC[N+]4=C(/C=C/C=C/C=C/C=C5/N(CCCC)c6ccccc6C5(C)C)C(C)(C)c5ccccc54)cc23)c1. The van der Waals surface area contributed by atoms with Crippen LogP contribution in [0.2, 0.25) is 0 Å². The molecule has 0 spiro atoms. The minimum atomic E-state index is -0.247. The number of esters is 1. The Morgan fingerprint density at radius 2 is 1.54 bits per heavy atom. The van der Waals surface area contributed by atoms with Crippen molar-refractivity contribution in [2.24, 2.45) is 0 Å². The van der Waals surface area contributed by atoms with E-state index in [4.69, 9.17) is 25.4 Å². The van der Waals surface area contributed by atoms with E-state index in [0.29, 0.717) is 42.5 Å². The highest BCUT2D eigenvalue weighted by Crippen LogP contribution is 2.48. The van der Waals surface area contributed by atoms with Crippen LogP contribution in [0.15, 0.2) is 139 Å². The maximum absolute atomic E-state index is 12.9. The third-order valence-corrected chi connectivity index (χ3v) is 12.7. The summed E-state index contributed by atoms with van der Waals surface area (Å²) in [6, 6.07) is 28.7. The van der Waals surface area contributed by atoms with Gasteiger partial charge in [0.1, 0.15) is 38.5 Å². The van der Waals surface area contributed by atoms with Crippen LogP contribution in [0.5, 0.6) is 11.5 Å². The summed E-state index contributed by atoms with van der Waals surface area (Å²) < 4.78 is 25.4. The molecule has 10 nitrogen and oxygen atoms in total. The zero-order valence-electron chi connectivity index (χ0n) is 40.6. The van der Waals surface area contributed by atoms with Crippen LogP contribution in [0.25, 0.3) is 10.9 Å². The number of nitrogens with zero attached hydrogens (tertiary/aromatic N) is 4. The van der Waals surface area contributed by atoms with Gasteiger partial charge in [0.25, 0.3) is 0 Å². The number of hydrogen-bond acceptors (Lipinski definition) is 9. The maximum atomic E-state index is 12.9. The van der Waals surface area contributed by atoms with E-state index >= 15 is 0 Å². The van der Waals surface area contributed by atoms with E-state index in [1.165, 1.54) is 40.2 Å². The first-order valence-electron chi connectivity index (χ1n) is 23.9. The molecule has 0 atom stereocenters. The fraction of sp³-hybridized carbons (Fsp3) is 0.345. The van der Waals surface area contributed by atoms with Crippen LogP contribution in [0.4, 0.5) is 22.9 Å². The molecule has 0 bridgehead atoms. The number of rotatable bonds is 23. The van der Waals surface area contributed by atoms with Gasteiger partial charge in [-0.05, 0) is 75.1 Å². The smallest absolute Gasteiger partial charge is 0.305 e. The quantitative estimate of drug-likeness (QED) is 0.0226. The first-order valence-corrected chi connectivity index (χ1v) is 23.9. The Morgan fingerprint density at radius 3 is 2.35 bits per heavy atom. The first-order chi connectivity index (χ1) is 33.1. The predicted molar refractivity (Wildman–Crippen MR) is 276 cm³/mol. The molecule has 0 fully saturated rings. The zero-order chi connectivity index (χ0) is 47.9. The van der Waals surface area contributed by atoms with Crippen molar-refractivity contribution in [3.8, 4) is 23.8 Å². The summed E-state index contributed by atoms with van der Waals surface area (Å²) in [6.45, 7) is 14.3. The zero-order valence-corrected chi connectivity index (χ0v) is 40.6. The van der Waals surface area contributed by atoms with E-state index in [1.54, 1.807) is 7.11 Å². The third kappa shape index (κ3) is 11.6. The van der Waals surface area contributed by atoms with Gasteiger partial charge in [-0.3, -0.25) is 4.79 Å². The number of methoxy groups -OCH3 is 1. The van der Waals surface area contributed by atoms with Crippen molar-refractivity contribution in [2.45, 2.75) is 84.0 Å². The minimum absolute atomic E-state index is 0.0496. The monoisotopic (exact) mass is 913 g/mol. The number of anilines is 3. The van der Waals surface area contributed by atoms with Crippen molar-refractivity contribution in [2.75, 3.05) is 56.8 Å². The van der Waals surface area contributed by atoms with Gasteiger partial charge in [0.15, 0.2) is 17.2 Å². The molecule has 4 aromatic carbocycles. The van der Waals surface area contributed by atoms with E-state index in [0.717, 1.165) is 61.8 Å². The van der Waals surface area contributed by atoms with Gasteiger partial charge in [-0.15, -0.1) is 6.42 Å². The van der Waals surface area contributed by atoms with Crippen molar-refractivity contribution in [3.05, 3.63) is 156 Å². The average molecular weight is 913 g/mol. The molecule has 0 amide bonds. The molecule has 2 aliphatic heterocycles. The highest BCUT2D eigenvalue weighted by molar-refractivity contribution is 6.03. The van der Waals surface area contributed by atoms with Gasteiger partial charge in [0, 0.05) is 83.7 Å². The molecule has 0 aliphatic carbocycles. The molecule has 2 aliphatic rings. The molecule has 1 aromatic heterocycles. The van der Waals surface area contributed by atoms with Crippen LogP contribution < -0.4 is 19.7 Å². The van der Waals surface area contributed by atoms with Crippen LogP contribution in [0.3, 0.4) is 0 Å². The van der Waals surface area contributed by atoms with Crippen molar-refractivity contribution in [1.29, 1.82) is 0 Å². The third-order valence-electron chi connectivity index (χ3n) is 12.7. The van der Waals surface area contributed by atoms with Crippen LogP contribution in [-0.4, -0.2) is 72.9 Å². The highest BCUT2D eigenvalue weighted by atomic mass is 16.6. The Labute approximate surface area is 403 Å². The van der Waals surface area contributed by atoms with Crippen molar-refractivity contribution in [1.82, 2.24) is 9.97 Å². The number of nitrogens with one attached hydrogen (secondary N) is 1. The normalized spacial score (nSPS) is 15.4. The van der Waals surface area contributed by atoms with Crippen molar-refractivity contribution in [3.63, 3.8) is 0 Å². The minimum Gasteiger partial charge on any atom is -0.487 e. The van der Waals surface area contributed by atoms with Gasteiger partial charge in [-0.2, -0.15) is 4.58 Å². The lowest BCUT2D eigenvalue weighted by Gasteiger charge is -2.27. The van der Waals surface area contributed by atoms with Gasteiger partial charge >= 0.3 is 5.97 Å². The predicted octanol–water partition coefficient (Wildman–Crippen LogP) is 12.1. The average Bonchev–Trinajstić information content (AvgIpc) is 3.69. The summed E-state index contributed by atoms with van der Waals surface area (Å²) in [6.07, 6.45) is 27.5. The summed E-state index contributed by atoms with van der Waals surface area (Å²) in [5, 5.41) is 4.07. The highest BCUT2D eigenvalue weighted by Gasteiger charge is 2.44. The largest absolute Gasteiger partial charge is 0.487 e. The van der Waals surface area contributed by atoms with Gasteiger partial charge in [0.05, 0.1) is 17.5 Å². The van der Waals surface area contributed by atoms with E-state index in [9.17, 15) is 4.79 Å². The summed E-state index contributed by atoms with van der Waals surface area (Å²) in [5.41, 5.74) is 9.90. The van der Waals surface area contributed by atoms with Gasteiger partial charge in [0.2, 0.25) is 5.69 Å². The molecule has 0 radical (unpaired) electrons. The molecule has 1 N–H and O–H groups in total. The number of benzene rings is 4. The molecule has 7 rings (SSSR count). The maximum Gasteiger partial charge on any atom is 0.305 e. The number of allylic oxidation sites excluding steroid dienone is 8. The Bertz CT molecular complexity index is 2760. The van der Waals surface area contributed by atoms with E-state index in [1.807, 2.05) is 36.4 Å². The van der Waals surface area contributed by atoms with Crippen LogP contribution in [0.1, 0.15) is 89.8 Å². The van der Waals surface area contributed by atoms with E-state index in [-0.39, 0.29) is 30.0 Å². The molecule has 5 aromatic rings. The molecule has 0 unspecified atom stereocenters. The first kappa shape index (κ1) is 49.0. The molecule has 68 heavy (non-hydrogen) atoms. The van der Waals surface area contributed by atoms with Crippen LogP contribution >= 0.6 is 0 Å². The number of ether oxygens (including phenoxy) is 4. The molecule has 352 valence electrons. The summed E-state index contributed by atoms with van der Waals surface area (Å²) in [7, 11) is 1.62. The number of terminal acetylenes is 1. The van der Waals surface area contributed by atoms with E-state index in [2.05, 4.69) is 156 Å². The molecule has 3 heterocycles. The fourth-order valence-corrected chi connectivity index (χ4v) is 9.11. The number of carbonyl (C=O) groups excluding carboxylic acids is 1. The second-order valence-electron chi connectivity index (χ2n) is 18.1. The molecular formula is C58H66N5O5+. The number of aromatic nitrogens is 2. The standard InChI is InChI=1S/C58H66N5O5/c1-8-10-33-62-49-28-20-18-26-46(49)57(3,4)53(62)30-15-12-11-13-16-31-54-58(5,6)47-27-19-21-29-50(47)63(54)34-22-14-17-32-55(64)68-38-37-67-51-40-45-48(41-52(51)66-36-35-65-7)59-42-60-56(45)61-44-25-23-24-43(9-2)39-44/h2,11-13,15-16,18-21,23-31,39-42H,8,10,14,17,22,32-38H2,1,3-7H3,(H,59,60,61)/q+1. The molecule has 0 saturated carbocycles. The molecule has 0 saturated heterocycles. The number of carbonyl (C=O) groups is 1. The molecular weight excluding hydrogens is 847 g/mol. The Morgan fingerprint density at radius 1 is 0.794 bits per heavy atom. The number of unbranched alkanes of at least 4 members (excludes halogenated alkanes) is 3. The Balaban J connectivity index is 0.916. The Hall–Kier alpha value is -6.96. The second-order valence-corrected chi connectivity index (χ2v) is 18.1. The van der Waals surface area contributed by atoms with Gasteiger partial charge in [-0.25, -0.2) is 9.97 Å². The van der Waals surface area contributed by atoms with Crippen molar-refractivity contribution >= 4 is 45.5 Å². The summed E-state index contributed by atoms with van der Waals surface area (Å²) >= 11 is 0. The van der Waals surface area contributed by atoms with Crippen LogP contribution in [-0.2, 0) is 25.1 Å².